The highest BCUT2D eigenvalue weighted by atomic mass is 35.5. The minimum Gasteiger partial charge on any atom is -0.418 e. The number of benzene rings is 2. The Morgan fingerprint density at radius 2 is 1.96 bits per heavy atom. The third-order valence-corrected chi connectivity index (χ3v) is 4.84. The molecule has 1 aliphatic heterocycles. The van der Waals surface area contributed by atoms with Crippen molar-refractivity contribution in [1.82, 2.24) is 4.90 Å². The van der Waals surface area contributed by atoms with E-state index in [1.165, 1.54) is 23.1 Å². The maximum Gasteiger partial charge on any atom is 0.334 e. The van der Waals surface area contributed by atoms with E-state index in [0.29, 0.717) is 17.9 Å². The second kappa shape index (κ2) is 8.12. The molecule has 0 spiro atoms. The summed E-state index contributed by atoms with van der Waals surface area (Å²) in [4.78, 5) is 36.9. The highest BCUT2D eigenvalue weighted by molar-refractivity contribution is 6.35. The average Bonchev–Trinajstić information content (AvgIpc) is 3.13. The van der Waals surface area contributed by atoms with Crippen molar-refractivity contribution in [1.29, 1.82) is 0 Å². The lowest BCUT2D eigenvalue weighted by molar-refractivity contribution is -0.385. The fraction of sp³-hybridized carbons (Fsp3) is 0.222. The zero-order valence-electron chi connectivity index (χ0n) is 14.2. The summed E-state index contributed by atoms with van der Waals surface area (Å²) in [6, 6.07) is 5.96. The van der Waals surface area contributed by atoms with E-state index in [1.54, 1.807) is 0 Å². The molecule has 1 amide bonds. The molecule has 0 aliphatic carbocycles. The van der Waals surface area contributed by atoms with Crippen molar-refractivity contribution in [3.63, 3.8) is 0 Å². The van der Waals surface area contributed by atoms with E-state index in [0.717, 1.165) is 18.2 Å². The van der Waals surface area contributed by atoms with Crippen LogP contribution in [-0.2, 0) is 4.79 Å². The number of rotatable bonds is 4. The molecule has 28 heavy (non-hydrogen) atoms. The molecule has 146 valence electrons. The molecule has 1 saturated heterocycles. The van der Waals surface area contributed by atoms with Crippen LogP contribution in [0, 0.1) is 15.9 Å². The summed E-state index contributed by atoms with van der Waals surface area (Å²) in [6.45, 7) is 0.271. The van der Waals surface area contributed by atoms with Crippen molar-refractivity contribution in [2.75, 3.05) is 6.54 Å². The molecule has 0 radical (unpaired) electrons. The number of likely N-dealkylation sites (tertiary alicyclic amines) is 1. The van der Waals surface area contributed by atoms with Gasteiger partial charge in [0.15, 0.2) is 0 Å². The van der Waals surface area contributed by atoms with E-state index < -0.39 is 40.1 Å². The largest absolute Gasteiger partial charge is 0.418 e. The molecule has 2 aromatic rings. The Morgan fingerprint density at radius 3 is 2.68 bits per heavy atom. The maximum absolute atomic E-state index is 13.4. The van der Waals surface area contributed by atoms with Gasteiger partial charge in [0.1, 0.15) is 11.9 Å². The Balaban J connectivity index is 1.84. The number of carbonyl (C=O) groups is 2. The summed E-state index contributed by atoms with van der Waals surface area (Å²) in [7, 11) is 0. The molecular weight excluding hydrogens is 414 g/mol. The van der Waals surface area contributed by atoms with Crippen LogP contribution in [0.4, 0.5) is 10.1 Å². The van der Waals surface area contributed by atoms with Crippen LogP contribution in [0.3, 0.4) is 0 Å². The van der Waals surface area contributed by atoms with Gasteiger partial charge in [0.2, 0.25) is 5.75 Å². The van der Waals surface area contributed by atoms with Crippen LogP contribution in [0.5, 0.6) is 5.75 Å². The number of nitrogens with zero attached hydrogens (tertiary/aromatic N) is 2. The Labute approximate surface area is 168 Å². The zero-order valence-corrected chi connectivity index (χ0v) is 15.7. The van der Waals surface area contributed by atoms with Gasteiger partial charge in [0.05, 0.1) is 15.5 Å². The predicted molar refractivity (Wildman–Crippen MR) is 99.2 cm³/mol. The highest BCUT2D eigenvalue weighted by Gasteiger charge is 2.37. The summed E-state index contributed by atoms with van der Waals surface area (Å²) in [6.07, 6.45) is 0.820. The molecule has 2 aromatic carbocycles. The van der Waals surface area contributed by atoms with Crippen LogP contribution in [0.15, 0.2) is 36.4 Å². The predicted octanol–water partition coefficient (Wildman–Crippen LogP) is 4.25. The third kappa shape index (κ3) is 4.07. The van der Waals surface area contributed by atoms with E-state index >= 15 is 0 Å². The van der Waals surface area contributed by atoms with Gasteiger partial charge in [-0.2, -0.15) is 0 Å². The van der Waals surface area contributed by atoms with Crippen molar-refractivity contribution in [2.24, 2.45) is 0 Å². The fourth-order valence-corrected chi connectivity index (χ4v) is 3.34. The molecule has 1 unspecified atom stereocenters. The average molecular weight is 427 g/mol. The summed E-state index contributed by atoms with van der Waals surface area (Å²) < 4.78 is 18.5. The molecule has 1 aliphatic rings. The van der Waals surface area contributed by atoms with Crippen LogP contribution in [0.1, 0.15) is 23.2 Å². The molecule has 7 nitrogen and oxygen atoms in total. The van der Waals surface area contributed by atoms with E-state index in [1.807, 2.05) is 0 Å². The molecule has 3 rings (SSSR count). The fourth-order valence-electron chi connectivity index (χ4n) is 2.97. The van der Waals surface area contributed by atoms with E-state index in [-0.39, 0.29) is 17.1 Å². The summed E-state index contributed by atoms with van der Waals surface area (Å²) in [5.74, 6) is -2.72. The molecule has 0 bridgehead atoms. The van der Waals surface area contributed by atoms with Gasteiger partial charge in [-0.25, -0.2) is 9.18 Å². The first-order chi connectivity index (χ1) is 13.3. The number of hydrogen-bond donors (Lipinski definition) is 0. The van der Waals surface area contributed by atoms with Gasteiger partial charge >= 0.3 is 11.7 Å². The van der Waals surface area contributed by atoms with Crippen LogP contribution >= 0.6 is 23.2 Å². The van der Waals surface area contributed by atoms with Crippen molar-refractivity contribution in [3.8, 4) is 5.75 Å². The minimum absolute atomic E-state index is 0.130. The molecule has 1 heterocycles. The molecular formula is C18H13Cl2FN2O5. The second-order valence-electron chi connectivity index (χ2n) is 6.07. The van der Waals surface area contributed by atoms with Gasteiger partial charge in [0.25, 0.3) is 5.91 Å². The quantitative estimate of drug-likeness (QED) is 0.315. The lowest BCUT2D eigenvalue weighted by atomic mass is 10.1. The SMILES string of the molecule is O=C(Oc1cc(F)ccc1[N+](=O)[O-])C1CCCN1C(=O)c1cc(Cl)ccc1Cl. The van der Waals surface area contributed by atoms with Crippen molar-refractivity contribution < 1.29 is 23.6 Å². The number of nitro benzene ring substituents is 1. The Kier molecular flexibility index (Phi) is 5.81. The van der Waals surface area contributed by atoms with Gasteiger partial charge in [-0.1, -0.05) is 23.2 Å². The zero-order chi connectivity index (χ0) is 20.4. The lowest BCUT2D eigenvalue weighted by Crippen LogP contribution is -2.42. The number of halogens is 3. The lowest BCUT2D eigenvalue weighted by Gasteiger charge is -2.23. The first-order valence-corrected chi connectivity index (χ1v) is 8.95. The van der Waals surface area contributed by atoms with Gasteiger partial charge in [0, 0.05) is 23.7 Å². The van der Waals surface area contributed by atoms with Crippen LogP contribution in [0.2, 0.25) is 10.0 Å². The van der Waals surface area contributed by atoms with Gasteiger partial charge in [-0.3, -0.25) is 14.9 Å². The standard InChI is InChI=1S/C18H13Cl2FN2O5/c19-10-3-5-13(20)12(8-10)17(24)22-7-1-2-15(22)18(25)28-16-9-11(21)4-6-14(16)23(26)27/h3-6,8-9,15H,1-2,7H2. The number of nitro groups is 1. The Morgan fingerprint density at radius 1 is 1.21 bits per heavy atom. The number of ether oxygens (including phenoxy) is 1. The number of hydrogen-bond acceptors (Lipinski definition) is 5. The third-order valence-electron chi connectivity index (χ3n) is 4.27. The topological polar surface area (TPSA) is 89.8 Å². The van der Waals surface area contributed by atoms with E-state index in [2.05, 4.69) is 0 Å². The number of esters is 1. The van der Waals surface area contributed by atoms with Crippen molar-refractivity contribution >= 4 is 40.8 Å². The molecule has 10 heteroatoms. The molecule has 0 N–H and O–H groups in total. The van der Waals surface area contributed by atoms with Crippen LogP contribution in [0.25, 0.3) is 0 Å². The smallest absolute Gasteiger partial charge is 0.334 e. The molecule has 1 atom stereocenters. The number of amides is 1. The van der Waals surface area contributed by atoms with Gasteiger partial charge in [-0.15, -0.1) is 0 Å². The summed E-state index contributed by atoms with van der Waals surface area (Å²) in [5, 5.41) is 11.5. The maximum atomic E-state index is 13.4. The van der Waals surface area contributed by atoms with Crippen LogP contribution < -0.4 is 4.74 Å². The highest BCUT2D eigenvalue weighted by Crippen LogP contribution is 2.30. The van der Waals surface area contributed by atoms with Crippen molar-refractivity contribution in [3.05, 3.63) is 67.9 Å². The summed E-state index contributed by atoms with van der Waals surface area (Å²) >= 11 is 12.0. The monoisotopic (exact) mass is 426 g/mol. The molecule has 0 saturated carbocycles. The Bertz CT molecular complexity index is 969. The second-order valence-corrected chi connectivity index (χ2v) is 6.91. The van der Waals surface area contributed by atoms with E-state index in [4.69, 9.17) is 27.9 Å². The number of carbonyl (C=O) groups excluding carboxylic acids is 2. The first-order valence-electron chi connectivity index (χ1n) is 8.19. The van der Waals surface area contributed by atoms with E-state index in [9.17, 15) is 24.1 Å². The normalized spacial score (nSPS) is 16.1. The first kappa shape index (κ1) is 20.0. The Hall–Kier alpha value is -2.71. The molecule has 1 fully saturated rings. The van der Waals surface area contributed by atoms with Crippen molar-refractivity contribution in [2.45, 2.75) is 18.9 Å². The summed E-state index contributed by atoms with van der Waals surface area (Å²) in [5.41, 5.74) is -0.422. The molecule has 0 aromatic heterocycles. The minimum atomic E-state index is -0.981. The van der Waals surface area contributed by atoms with Gasteiger partial charge < -0.3 is 9.64 Å². The van der Waals surface area contributed by atoms with Crippen LogP contribution in [-0.4, -0.2) is 34.3 Å². The van der Waals surface area contributed by atoms with Gasteiger partial charge in [-0.05, 0) is 37.1 Å².